The second kappa shape index (κ2) is 10.2. The molecule has 0 N–H and O–H groups in total. The summed E-state index contributed by atoms with van der Waals surface area (Å²) in [4.78, 5) is 17.7. The monoisotopic (exact) mass is 490 g/mol. The van der Waals surface area contributed by atoms with Gasteiger partial charge in [-0.15, -0.1) is 0 Å². The molecule has 0 bridgehead atoms. The highest BCUT2D eigenvalue weighted by atomic mass is 16.6. The molecule has 5 rings (SSSR count). The van der Waals surface area contributed by atoms with Gasteiger partial charge in [-0.25, -0.2) is 4.79 Å². The van der Waals surface area contributed by atoms with Gasteiger partial charge < -0.3 is 4.74 Å². The summed E-state index contributed by atoms with van der Waals surface area (Å²) in [5.74, 6) is 0. The molecule has 4 aromatic rings. The van der Waals surface area contributed by atoms with Crippen molar-refractivity contribution in [3.05, 3.63) is 138 Å². The van der Waals surface area contributed by atoms with Crippen molar-refractivity contribution < 1.29 is 9.53 Å². The van der Waals surface area contributed by atoms with E-state index in [1.165, 1.54) is 16.7 Å². The van der Waals surface area contributed by atoms with E-state index in [1.54, 1.807) is 4.90 Å². The molecular weight excluding hydrogens is 456 g/mol. The molecule has 37 heavy (non-hydrogen) atoms. The van der Waals surface area contributed by atoms with Gasteiger partial charge >= 0.3 is 6.09 Å². The molecule has 0 spiro atoms. The fourth-order valence-electron chi connectivity index (χ4n) is 5.41. The van der Waals surface area contributed by atoms with Crippen molar-refractivity contribution in [2.24, 2.45) is 0 Å². The Labute approximate surface area is 220 Å². The van der Waals surface area contributed by atoms with Crippen molar-refractivity contribution in [3.63, 3.8) is 0 Å². The van der Waals surface area contributed by atoms with Crippen LogP contribution < -0.4 is 4.90 Å². The lowest BCUT2D eigenvalue weighted by atomic mass is 9.75. The second-order valence-corrected chi connectivity index (χ2v) is 10.5. The second-order valence-electron chi connectivity index (χ2n) is 10.5. The van der Waals surface area contributed by atoms with Crippen LogP contribution >= 0.6 is 0 Å². The Morgan fingerprint density at radius 1 is 0.649 bits per heavy atom. The highest BCUT2D eigenvalue weighted by molar-refractivity contribution is 5.89. The number of hydrogen-bond acceptors (Lipinski definition) is 3. The minimum atomic E-state index is -0.570. The van der Waals surface area contributed by atoms with E-state index in [2.05, 4.69) is 102 Å². The number of nitrogens with zero attached hydrogens (tertiary/aromatic N) is 2. The molecule has 0 aromatic heterocycles. The summed E-state index contributed by atoms with van der Waals surface area (Å²) < 4.78 is 5.83. The van der Waals surface area contributed by atoms with Crippen molar-refractivity contribution in [1.82, 2.24) is 4.90 Å². The molecule has 0 unspecified atom stereocenters. The molecule has 1 aliphatic rings. The average molecular weight is 491 g/mol. The number of anilines is 1. The van der Waals surface area contributed by atoms with Crippen LogP contribution in [0.2, 0.25) is 0 Å². The van der Waals surface area contributed by atoms with Gasteiger partial charge in [0.25, 0.3) is 0 Å². The Bertz CT molecular complexity index is 1230. The maximum Gasteiger partial charge on any atom is 0.414 e. The average Bonchev–Trinajstić information content (AvgIpc) is 3.10. The van der Waals surface area contributed by atoms with Gasteiger partial charge in [-0.05, 0) is 49.1 Å². The normalized spacial score (nSPS) is 14.5. The van der Waals surface area contributed by atoms with Gasteiger partial charge in [0, 0.05) is 19.6 Å². The van der Waals surface area contributed by atoms with Crippen LogP contribution in [-0.4, -0.2) is 29.7 Å². The van der Waals surface area contributed by atoms with Crippen LogP contribution in [0.25, 0.3) is 0 Å². The Balaban J connectivity index is 1.70. The highest BCUT2D eigenvalue weighted by Crippen LogP contribution is 2.44. The minimum Gasteiger partial charge on any atom is -0.443 e. The van der Waals surface area contributed by atoms with Crippen molar-refractivity contribution >= 4 is 11.8 Å². The molecule has 4 heteroatoms. The topological polar surface area (TPSA) is 32.8 Å². The number of ether oxygens (including phenoxy) is 1. The standard InChI is InChI=1S/C33H34N2O2/c1-32(2,3)37-31(36)35-24-23-34(25-26-15-13-14-22-30(26)35)33(27-16-7-4-8-17-27,28-18-9-5-10-19-28)29-20-11-6-12-21-29/h4-22H,23-25H2,1-3H3. The number of para-hydroxylation sites is 1. The van der Waals surface area contributed by atoms with E-state index in [0.717, 1.165) is 11.3 Å². The van der Waals surface area contributed by atoms with Crippen LogP contribution in [0.5, 0.6) is 0 Å². The van der Waals surface area contributed by atoms with Crippen LogP contribution in [0.4, 0.5) is 10.5 Å². The fourth-order valence-corrected chi connectivity index (χ4v) is 5.41. The van der Waals surface area contributed by atoms with Gasteiger partial charge in [-0.2, -0.15) is 0 Å². The zero-order valence-electron chi connectivity index (χ0n) is 21.8. The van der Waals surface area contributed by atoms with Gasteiger partial charge in [-0.3, -0.25) is 9.80 Å². The quantitative estimate of drug-likeness (QED) is 0.283. The smallest absolute Gasteiger partial charge is 0.414 e. The third kappa shape index (κ3) is 4.90. The summed E-state index contributed by atoms with van der Waals surface area (Å²) in [6.07, 6.45) is -0.313. The fraction of sp³-hybridized carbons (Fsp3) is 0.242. The van der Waals surface area contributed by atoms with Crippen molar-refractivity contribution in [2.75, 3.05) is 18.0 Å². The van der Waals surface area contributed by atoms with E-state index in [9.17, 15) is 4.79 Å². The molecule has 4 nitrogen and oxygen atoms in total. The molecule has 188 valence electrons. The Hall–Kier alpha value is -3.89. The van der Waals surface area contributed by atoms with Crippen LogP contribution in [0.15, 0.2) is 115 Å². The lowest BCUT2D eigenvalue weighted by molar-refractivity contribution is 0.0574. The first kappa shape index (κ1) is 24.8. The van der Waals surface area contributed by atoms with E-state index in [-0.39, 0.29) is 6.09 Å². The molecule has 1 aliphatic heterocycles. The molecule has 0 aliphatic carbocycles. The van der Waals surface area contributed by atoms with E-state index in [1.807, 2.05) is 39.0 Å². The first-order valence-corrected chi connectivity index (χ1v) is 12.9. The highest BCUT2D eigenvalue weighted by Gasteiger charge is 2.43. The summed E-state index contributed by atoms with van der Waals surface area (Å²) >= 11 is 0. The number of fused-ring (bicyclic) bond motifs is 1. The van der Waals surface area contributed by atoms with E-state index < -0.39 is 11.1 Å². The Morgan fingerprint density at radius 2 is 1.11 bits per heavy atom. The maximum atomic E-state index is 13.4. The summed E-state index contributed by atoms with van der Waals surface area (Å²) in [6, 6.07) is 40.3. The number of carbonyl (C=O) groups is 1. The first-order chi connectivity index (χ1) is 17.9. The Morgan fingerprint density at radius 3 is 1.59 bits per heavy atom. The van der Waals surface area contributed by atoms with E-state index in [4.69, 9.17) is 4.74 Å². The third-order valence-corrected chi connectivity index (χ3v) is 6.90. The lowest BCUT2D eigenvalue weighted by Crippen LogP contribution is -2.49. The van der Waals surface area contributed by atoms with Crippen LogP contribution in [0, 0.1) is 0 Å². The summed E-state index contributed by atoms with van der Waals surface area (Å²) in [5, 5.41) is 0. The van der Waals surface area contributed by atoms with Crippen molar-refractivity contribution in [1.29, 1.82) is 0 Å². The van der Waals surface area contributed by atoms with Gasteiger partial charge in [0.15, 0.2) is 0 Å². The predicted molar refractivity (Wildman–Crippen MR) is 150 cm³/mol. The van der Waals surface area contributed by atoms with Crippen LogP contribution in [0.1, 0.15) is 43.0 Å². The molecule has 0 radical (unpaired) electrons. The lowest BCUT2D eigenvalue weighted by Gasteiger charge is -2.45. The van der Waals surface area contributed by atoms with Gasteiger partial charge in [0.05, 0.1) is 11.2 Å². The predicted octanol–water partition coefficient (Wildman–Crippen LogP) is 7.24. The number of rotatable bonds is 4. The SMILES string of the molecule is CC(C)(C)OC(=O)N1CCN(C(c2ccccc2)(c2ccccc2)c2ccccc2)Cc2ccccc21. The molecule has 4 aromatic carbocycles. The third-order valence-electron chi connectivity index (χ3n) is 6.90. The maximum absolute atomic E-state index is 13.4. The Kier molecular flexibility index (Phi) is 6.86. The van der Waals surface area contributed by atoms with Crippen LogP contribution in [-0.2, 0) is 16.8 Å². The largest absolute Gasteiger partial charge is 0.443 e. The zero-order valence-corrected chi connectivity index (χ0v) is 21.8. The number of amides is 1. The first-order valence-electron chi connectivity index (χ1n) is 12.9. The molecule has 0 atom stereocenters. The van der Waals surface area contributed by atoms with Gasteiger partial charge in [-0.1, -0.05) is 109 Å². The van der Waals surface area contributed by atoms with Crippen molar-refractivity contribution in [2.45, 2.75) is 38.5 Å². The summed E-state index contributed by atoms with van der Waals surface area (Å²) in [5.41, 5.74) is 4.45. The molecule has 0 fully saturated rings. The molecule has 0 saturated heterocycles. The zero-order chi connectivity index (χ0) is 25.9. The molecular formula is C33H34N2O2. The van der Waals surface area contributed by atoms with E-state index in [0.29, 0.717) is 19.6 Å². The van der Waals surface area contributed by atoms with Crippen molar-refractivity contribution in [3.8, 4) is 0 Å². The number of benzene rings is 4. The molecule has 1 heterocycles. The van der Waals surface area contributed by atoms with Crippen LogP contribution in [0.3, 0.4) is 0 Å². The molecule has 1 amide bonds. The van der Waals surface area contributed by atoms with Gasteiger partial charge in [0.1, 0.15) is 5.60 Å². The molecule has 0 saturated carbocycles. The minimum absolute atomic E-state index is 0.313. The van der Waals surface area contributed by atoms with E-state index >= 15 is 0 Å². The number of hydrogen-bond donors (Lipinski definition) is 0. The van der Waals surface area contributed by atoms with Gasteiger partial charge in [0.2, 0.25) is 0 Å². The number of carbonyl (C=O) groups excluding carboxylic acids is 1. The summed E-state index contributed by atoms with van der Waals surface area (Å²) in [7, 11) is 0. The summed E-state index contributed by atoms with van der Waals surface area (Å²) in [6.45, 7) is 7.57.